The van der Waals surface area contributed by atoms with Crippen LogP contribution in [-0.4, -0.2) is 16.2 Å². The second kappa shape index (κ2) is 3.84. The van der Waals surface area contributed by atoms with Crippen molar-refractivity contribution in [2.75, 3.05) is 0 Å². The van der Waals surface area contributed by atoms with Crippen LogP contribution in [0.2, 0.25) is 5.02 Å². The summed E-state index contributed by atoms with van der Waals surface area (Å²) < 4.78 is 0. The average Bonchev–Trinajstić information content (AvgIpc) is 2.95. The average molecular weight is 260 g/mol. The van der Waals surface area contributed by atoms with Crippen LogP contribution in [-0.2, 0) is 6.42 Å². The Morgan fingerprint density at radius 3 is 3.11 bits per heavy atom. The number of benzene rings is 1. The van der Waals surface area contributed by atoms with Gasteiger partial charge in [0.1, 0.15) is 0 Å². The minimum atomic E-state index is 0.464. The van der Waals surface area contributed by atoms with Crippen LogP contribution in [0.25, 0.3) is 11.3 Å². The Morgan fingerprint density at radius 1 is 1.28 bits per heavy atom. The number of nitrogens with zero attached hydrogens (tertiary/aromatic N) is 1. The summed E-state index contributed by atoms with van der Waals surface area (Å²) in [5.74, 6) is 0. The molecule has 2 atom stereocenters. The highest BCUT2D eigenvalue weighted by molar-refractivity contribution is 6.30. The van der Waals surface area contributed by atoms with Crippen LogP contribution < -0.4 is 5.32 Å². The van der Waals surface area contributed by atoms with Crippen molar-refractivity contribution >= 4 is 11.6 Å². The van der Waals surface area contributed by atoms with E-state index < -0.39 is 0 Å². The lowest BCUT2D eigenvalue weighted by Gasteiger charge is -2.21. The Balaban J connectivity index is 1.86. The van der Waals surface area contributed by atoms with E-state index >= 15 is 0 Å². The fourth-order valence-electron chi connectivity index (χ4n) is 3.23. The van der Waals surface area contributed by atoms with Crippen molar-refractivity contribution < 1.29 is 0 Å². The van der Waals surface area contributed by atoms with Gasteiger partial charge >= 0.3 is 0 Å². The quantitative estimate of drug-likeness (QED) is 0.826. The van der Waals surface area contributed by atoms with E-state index in [1.165, 1.54) is 24.1 Å². The zero-order chi connectivity index (χ0) is 12.1. The number of fused-ring (bicyclic) bond motifs is 4. The lowest BCUT2D eigenvalue weighted by Crippen LogP contribution is -2.31. The SMILES string of the molecule is Clc1cccc(-c2n[nH]c3c2C2CCC(C3)N2)c1. The first-order valence-corrected chi connectivity index (χ1v) is 6.78. The summed E-state index contributed by atoms with van der Waals surface area (Å²) in [6, 6.07) is 9.03. The fourth-order valence-corrected chi connectivity index (χ4v) is 3.42. The summed E-state index contributed by atoms with van der Waals surface area (Å²) >= 11 is 6.07. The van der Waals surface area contributed by atoms with Crippen LogP contribution in [0.5, 0.6) is 0 Å². The minimum Gasteiger partial charge on any atom is -0.307 e. The van der Waals surface area contributed by atoms with Crippen molar-refractivity contribution in [1.82, 2.24) is 15.5 Å². The minimum absolute atomic E-state index is 0.464. The number of rotatable bonds is 1. The van der Waals surface area contributed by atoms with Crippen molar-refractivity contribution in [3.8, 4) is 11.3 Å². The number of aromatic amines is 1. The Bertz CT molecular complexity index is 605. The van der Waals surface area contributed by atoms with Crippen molar-refractivity contribution in [2.45, 2.75) is 31.3 Å². The number of nitrogens with one attached hydrogen (secondary N) is 2. The highest BCUT2D eigenvalue weighted by Crippen LogP contribution is 2.40. The summed E-state index contributed by atoms with van der Waals surface area (Å²) in [7, 11) is 0. The van der Waals surface area contributed by atoms with E-state index in [-0.39, 0.29) is 0 Å². The van der Waals surface area contributed by atoms with Crippen molar-refractivity contribution in [3.63, 3.8) is 0 Å². The number of aromatic nitrogens is 2. The van der Waals surface area contributed by atoms with Gasteiger partial charge in [-0.1, -0.05) is 23.7 Å². The Kier molecular flexibility index (Phi) is 2.26. The van der Waals surface area contributed by atoms with E-state index in [2.05, 4.69) is 21.6 Å². The van der Waals surface area contributed by atoms with E-state index in [9.17, 15) is 0 Å². The van der Waals surface area contributed by atoms with Crippen LogP contribution in [0.1, 0.15) is 30.1 Å². The summed E-state index contributed by atoms with van der Waals surface area (Å²) in [6.07, 6.45) is 3.55. The molecule has 1 aromatic heterocycles. The maximum atomic E-state index is 6.07. The topological polar surface area (TPSA) is 40.7 Å². The number of hydrogen-bond donors (Lipinski definition) is 2. The van der Waals surface area contributed by atoms with E-state index in [0.717, 1.165) is 22.7 Å². The molecule has 2 unspecified atom stereocenters. The second-order valence-electron chi connectivity index (χ2n) is 5.17. The van der Waals surface area contributed by atoms with Gasteiger partial charge in [-0.25, -0.2) is 0 Å². The van der Waals surface area contributed by atoms with Crippen LogP contribution in [0.3, 0.4) is 0 Å². The Morgan fingerprint density at radius 2 is 2.22 bits per heavy atom. The molecule has 0 spiro atoms. The molecule has 4 rings (SSSR count). The molecule has 1 fully saturated rings. The van der Waals surface area contributed by atoms with Crippen molar-refractivity contribution in [3.05, 3.63) is 40.5 Å². The van der Waals surface area contributed by atoms with E-state index in [1.807, 2.05) is 18.2 Å². The first-order chi connectivity index (χ1) is 8.81. The molecular formula is C14H14ClN3. The predicted octanol–water partition coefficient (Wildman–Crippen LogP) is 3.08. The third-order valence-electron chi connectivity index (χ3n) is 4.02. The van der Waals surface area contributed by atoms with Gasteiger partial charge in [0.25, 0.3) is 0 Å². The molecule has 1 saturated heterocycles. The molecule has 92 valence electrons. The molecule has 2 aliphatic rings. The smallest absolute Gasteiger partial charge is 0.0971 e. The van der Waals surface area contributed by atoms with E-state index in [0.29, 0.717) is 12.1 Å². The lowest BCUT2D eigenvalue weighted by atomic mass is 9.96. The molecule has 2 N–H and O–H groups in total. The second-order valence-corrected chi connectivity index (χ2v) is 5.61. The highest BCUT2D eigenvalue weighted by Gasteiger charge is 2.35. The number of hydrogen-bond acceptors (Lipinski definition) is 2. The third-order valence-corrected chi connectivity index (χ3v) is 4.26. The molecule has 2 aromatic rings. The molecule has 1 aromatic carbocycles. The molecule has 4 heteroatoms. The van der Waals surface area contributed by atoms with Gasteiger partial charge in [0.15, 0.2) is 0 Å². The van der Waals surface area contributed by atoms with Gasteiger partial charge in [-0.05, 0) is 25.0 Å². The van der Waals surface area contributed by atoms with Crippen molar-refractivity contribution in [1.29, 1.82) is 0 Å². The van der Waals surface area contributed by atoms with Crippen LogP contribution in [0.4, 0.5) is 0 Å². The highest BCUT2D eigenvalue weighted by atomic mass is 35.5. The predicted molar refractivity (Wildman–Crippen MR) is 71.6 cm³/mol. The maximum Gasteiger partial charge on any atom is 0.0971 e. The van der Waals surface area contributed by atoms with Crippen LogP contribution in [0.15, 0.2) is 24.3 Å². The molecule has 0 radical (unpaired) electrons. The number of halogens is 1. The number of H-pyrrole nitrogens is 1. The van der Waals surface area contributed by atoms with Gasteiger partial charge in [-0.2, -0.15) is 5.10 Å². The summed E-state index contributed by atoms with van der Waals surface area (Å²) in [5, 5.41) is 12.1. The monoisotopic (exact) mass is 259 g/mol. The van der Waals surface area contributed by atoms with Crippen LogP contribution in [0, 0.1) is 0 Å². The maximum absolute atomic E-state index is 6.07. The molecular weight excluding hydrogens is 246 g/mol. The van der Waals surface area contributed by atoms with Crippen LogP contribution >= 0.6 is 11.6 Å². The summed E-state index contributed by atoms with van der Waals surface area (Å²) in [6.45, 7) is 0. The van der Waals surface area contributed by atoms with Gasteiger partial charge in [-0.3, -0.25) is 5.10 Å². The largest absolute Gasteiger partial charge is 0.307 e. The fraction of sp³-hybridized carbons (Fsp3) is 0.357. The zero-order valence-corrected chi connectivity index (χ0v) is 10.7. The standard InChI is InChI=1S/C14H14ClN3/c15-9-3-1-2-8(6-9)14-13-11-5-4-10(16-11)7-12(13)17-18-14/h1-3,6,10-11,16H,4-5,7H2,(H,17,18). The molecule has 0 amide bonds. The third kappa shape index (κ3) is 1.51. The molecule has 2 aliphatic heterocycles. The first-order valence-electron chi connectivity index (χ1n) is 6.40. The normalized spacial score (nSPS) is 25.2. The van der Waals surface area contributed by atoms with Crippen molar-refractivity contribution in [2.24, 2.45) is 0 Å². The van der Waals surface area contributed by atoms with Gasteiger partial charge in [-0.15, -0.1) is 0 Å². The molecule has 18 heavy (non-hydrogen) atoms. The molecule has 3 heterocycles. The molecule has 0 saturated carbocycles. The Labute approximate surface area is 111 Å². The summed E-state index contributed by atoms with van der Waals surface area (Å²) in [4.78, 5) is 0. The first kappa shape index (κ1) is 10.6. The summed E-state index contributed by atoms with van der Waals surface area (Å²) in [5.41, 5.74) is 4.82. The zero-order valence-electron chi connectivity index (χ0n) is 9.91. The van der Waals surface area contributed by atoms with Gasteiger partial charge in [0.05, 0.1) is 5.69 Å². The van der Waals surface area contributed by atoms with Gasteiger partial charge < -0.3 is 5.32 Å². The van der Waals surface area contributed by atoms with E-state index in [4.69, 9.17) is 11.6 Å². The molecule has 2 bridgehead atoms. The molecule has 3 nitrogen and oxygen atoms in total. The van der Waals surface area contributed by atoms with Gasteiger partial charge in [0.2, 0.25) is 0 Å². The van der Waals surface area contributed by atoms with E-state index in [1.54, 1.807) is 0 Å². The van der Waals surface area contributed by atoms with Gasteiger partial charge in [0, 0.05) is 40.3 Å². The Hall–Kier alpha value is -1.32. The molecule has 0 aliphatic carbocycles. The lowest BCUT2D eigenvalue weighted by molar-refractivity contribution is 0.511.